The van der Waals surface area contributed by atoms with Crippen molar-refractivity contribution in [3.8, 4) is 0 Å². The van der Waals surface area contributed by atoms with Gasteiger partial charge in [-0.15, -0.1) is 0 Å². The van der Waals surface area contributed by atoms with Crippen molar-refractivity contribution >= 4 is 11.9 Å². The van der Waals surface area contributed by atoms with Crippen molar-refractivity contribution in [2.24, 2.45) is 0 Å². The molecule has 146 valence electrons. The van der Waals surface area contributed by atoms with Crippen LogP contribution in [0.1, 0.15) is 96.8 Å². The number of amides is 1. The van der Waals surface area contributed by atoms with Gasteiger partial charge in [-0.25, -0.2) is 4.79 Å². The van der Waals surface area contributed by atoms with Crippen LogP contribution < -0.4 is 5.32 Å². The Hall–Kier alpha value is -1.32. The van der Waals surface area contributed by atoms with Crippen molar-refractivity contribution in [3.63, 3.8) is 0 Å². The van der Waals surface area contributed by atoms with Gasteiger partial charge in [0.15, 0.2) is 0 Å². The van der Waals surface area contributed by atoms with Gasteiger partial charge in [-0.2, -0.15) is 0 Å². The second-order valence-corrected chi connectivity index (χ2v) is 6.86. The first-order valence-electron chi connectivity index (χ1n) is 10.1. The Morgan fingerprint density at radius 3 is 1.68 bits per heavy atom. The summed E-state index contributed by atoms with van der Waals surface area (Å²) in [5.41, 5.74) is 0.279. The Morgan fingerprint density at radius 2 is 1.24 bits per heavy atom. The molecule has 0 aliphatic carbocycles. The van der Waals surface area contributed by atoms with Crippen LogP contribution in [0.15, 0.2) is 12.2 Å². The van der Waals surface area contributed by atoms with Crippen molar-refractivity contribution in [1.82, 2.24) is 5.32 Å². The number of esters is 1. The number of carbonyl (C=O) groups is 2. The summed E-state index contributed by atoms with van der Waals surface area (Å²) in [6.07, 6.45) is 17.4. The molecule has 0 aromatic heterocycles. The lowest BCUT2D eigenvalue weighted by Crippen LogP contribution is -2.27. The lowest BCUT2D eigenvalue weighted by atomic mass is 10.0. The van der Waals surface area contributed by atoms with Crippen molar-refractivity contribution in [1.29, 1.82) is 0 Å². The summed E-state index contributed by atoms with van der Waals surface area (Å²) in [5, 5.41) is 2.70. The van der Waals surface area contributed by atoms with Gasteiger partial charge in [0, 0.05) is 18.5 Å². The van der Waals surface area contributed by atoms with Gasteiger partial charge in [0.2, 0.25) is 5.91 Å². The highest BCUT2D eigenvalue weighted by atomic mass is 16.5. The average Bonchev–Trinajstić information content (AvgIpc) is 2.62. The van der Waals surface area contributed by atoms with Gasteiger partial charge in [0.25, 0.3) is 0 Å². The van der Waals surface area contributed by atoms with E-state index >= 15 is 0 Å². The minimum atomic E-state index is -0.471. The summed E-state index contributed by atoms with van der Waals surface area (Å²) in [7, 11) is 1.31. The molecule has 4 nitrogen and oxygen atoms in total. The zero-order chi connectivity index (χ0) is 18.8. The van der Waals surface area contributed by atoms with Crippen LogP contribution in [-0.4, -0.2) is 25.5 Å². The van der Waals surface area contributed by atoms with Gasteiger partial charge in [-0.05, 0) is 6.42 Å². The number of ether oxygens (including phenoxy) is 1. The monoisotopic (exact) mass is 353 g/mol. The molecule has 0 aliphatic heterocycles. The molecule has 0 saturated carbocycles. The number of carbonyl (C=O) groups excluding carboxylic acids is 2. The number of methoxy groups -OCH3 is 1. The van der Waals surface area contributed by atoms with Crippen molar-refractivity contribution in [2.45, 2.75) is 96.8 Å². The molecular weight excluding hydrogens is 314 g/mol. The molecule has 0 bridgehead atoms. The Morgan fingerprint density at radius 1 is 0.800 bits per heavy atom. The number of rotatable bonds is 17. The fourth-order valence-corrected chi connectivity index (χ4v) is 2.81. The van der Waals surface area contributed by atoms with Gasteiger partial charge in [0.05, 0.1) is 7.11 Å². The molecule has 0 fully saturated rings. The number of nitrogens with one attached hydrogen (secondary N) is 1. The maximum atomic E-state index is 11.7. The standard InChI is InChI=1S/C21H39NO3/c1-4-5-6-7-8-9-10-11-12-13-14-15-16-17-20(23)22-18-19(2)21(24)25-3/h2,4-18H2,1,3H3,(H,22,23). The van der Waals surface area contributed by atoms with Crippen LogP contribution in [0.25, 0.3) is 0 Å². The SMILES string of the molecule is C=C(CNC(=O)CCCCCCCCCCCCCCC)C(=O)OC. The van der Waals surface area contributed by atoms with Gasteiger partial charge in [-0.1, -0.05) is 90.6 Å². The van der Waals surface area contributed by atoms with Gasteiger partial charge >= 0.3 is 5.97 Å². The normalized spacial score (nSPS) is 10.5. The summed E-state index contributed by atoms with van der Waals surface area (Å²) in [5.74, 6) is -0.491. The fourth-order valence-electron chi connectivity index (χ4n) is 2.81. The first-order chi connectivity index (χ1) is 12.1. The zero-order valence-corrected chi connectivity index (χ0v) is 16.5. The lowest BCUT2D eigenvalue weighted by molar-refractivity contribution is -0.136. The maximum absolute atomic E-state index is 11.7. The van der Waals surface area contributed by atoms with E-state index in [1.54, 1.807) is 0 Å². The largest absolute Gasteiger partial charge is 0.466 e. The van der Waals surface area contributed by atoms with E-state index in [4.69, 9.17) is 0 Å². The lowest BCUT2D eigenvalue weighted by Gasteiger charge is -2.06. The van der Waals surface area contributed by atoms with Crippen molar-refractivity contribution in [3.05, 3.63) is 12.2 Å². The van der Waals surface area contributed by atoms with E-state index < -0.39 is 5.97 Å². The molecule has 0 radical (unpaired) electrons. The number of unbranched alkanes of at least 4 members (excludes halogenated alkanes) is 12. The first kappa shape index (κ1) is 23.7. The Balaban J connectivity index is 3.28. The Kier molecular flexibility index (Phi) is 16.6. The third kappa shape index (κ3) is 15.9. The second kappa shape index (κ2) is 17.5. The highest BCUT2D eigenvalue weighted by Gasteiger charge is 2.08. The highest BCUT2D eigenvalue weighted by molar-refractivity contribution is 5.89. The zero-order valence-electron chi connectivity index (χ0n) is 16.5. The molecular formula is C21H39NO3. The third-order valence-electron chi connectivity index (χ3n) is 4.48. The molecule has 0 aromatic carbocycles. The molecule has 0 atom stereocenters. The van der Waals surface area contributed by atoms with E-state index in [9.17, 15) is 9.59 Å². The molecule has 0 rings (SSSR count). The van der Waals surface area contributed by atoms with Crippen LogP contribution in [0.2, 0.25) is 0 Å². The van der Waals surface area contributed by atoms with E-state index in [2.05, 4.69) is 23.6 Å². The van der Waals surface area contributed by atoms with Crippen LogP contribution >= 0.6 is 0 Å². The molecule has 1 amide bonds. The maximum Gasteiger partial charge on any atom is 0.334 e. The predicted octanol–water partition coefficient (Wildman–Crippen LogP) is 5.31. The van der Waals surface area contributed by atoms with E-state index in [-0.39, 0.29) is 18.0 Å². The van der Waals surface area contributed by atoms with Crippen molar-refractivity contribution in [2.75, 3.05) is 13.7 Å². The Bertz CT molecular complexity index is 366. The Labute approximate surface area is 154 Å². The fraction of sp³-hybridized carbons (Fsp3) is 0.810. The van der Waals surface area contributed by atoms with Gasteiger partial charge < -0.3 is 10.1 Å². The predicted molar refractivity (Wildman–Crippen MR) is 104 cm³/mol. The third-order valence-corrected chi connectivity index (χ3v) is 4.48. The number of hydrogen-bond acceptors (Lipinski definition) is 3. The van der Waals surface area contributed by atoms with Crippen LogP contribution in [0.3, 0.4) is 0 Å². The molecule has 4 heteroatoms. The molecule has 0 spiro atoms. The van der Waals surface area contributed by atoms with Crippen LogP contribution in [0.5, 0.6) is 0 Å². The topological polar surface area (TPSA) is 55.4 Å². The minimum Gasteiger partial charge on any atom is -0.466 e. The minimum absolute atomic E-state index is 0.0203. The molecule has 25 heavy (non-hydrogen) atoms. The second-order valence-electron chi connectivity index (χ2n) is 6.86. The van der Waals surface area contributed by atoms with Crippen LogP contribution in [0.4, 0.5) is 0 Å². The molecule has 1 N–H and O–H groups in total. The highest BCUT2D eigenvalue weighted by Crippen LogP contribution is 2.12. The summed E-state index contributed by atoms with van der Waals surface area (Å²) in [4.78, 5) is 22.8. The van der Waals surface area contributed by atoms with Crippen molar-refractivity contribution < 1.29 is 14.3 Å². The summed E-state index contributed by atoms with van der Waals surface area (Å²) in [6.45, 7) is 6.01. The summed E-state index contributed by atoms with van der Waals surface area (Å²) >= 11 is 0. The van der Waals surface area contributed by atoms with Crippen LogP contribution in [0, 0.1) is 0 Å². The molecule has 0 saturated heterocycles. The summed E-state index contributed by atoms with van der Waals surface area (Å²) in [6, 6.07) is 0. The average molecular weight is 354 g/mol. The van der Waals surface area contributed by atoms with E-state index in [1.807, 2.05) is 0 Å². The van der Waals surface area contributed by atoms with E-state index in [0.717, 1.165) is 12.8 Å². The summed E-state index contributed by atoms with van der Waals surface area (Å²) < 4.78 is 4.54. The molecule has 0 heterocycles. The quantitative estimate of drug-likeness (QED) is 0.219. The van der Waals surface area contributed by atoms with Gasteiger partial charge in [-0.3, -0.25) is 4.79 Å². The first-order valence-corrected chi connectivity index (χ1v) is 10.1. The number of hydrogen-bond donors (Lipinski definition) is 1. The van der Waals surface area contributed by atoms with Crippen LogP contribution in [-0.2, 0) is 14.3 Å². The molecule has 0 aromatic rings. The molecule has 0 aliphatic rings. The van der Waals surface area contributed by atoms with Gasteiger partial charge in [0.1, 0.15) is 0 Å². The molecule has 0 unspecified atom stereocenters. The smallest absolute Gasteiger partial charge is 0.334 e. The van der Waals surface area contributed by atoms with E-state index in [1.165, 1.54) is 77.7 Å². The van der Waals surface area contributed by atoms with E-state index in [0.29, 0.717) is 6.42 Å².